The van der Waals surface area contributed by atoms with E-state index >= 15 is 0 Å². The summed E-state index contributed by atoms with van der Waals surface area (Å²) < 4.78 is 1.44. The predicted octanol–water partition coefficient (Wildman–Crippen LogP) is 1.28. The molecule has 0 saturated heterocycles. The third kappa shape index (κ3) is 2.90. The Morgan fingerprint density at radius 3 is 2.95 bits per heavy atom. The van der Waals surface area contributed by atoms with E-state index in [2.05, 4.69) is 16.5 Å². The number of rotatable bonds is 3. The first-order chi connectivity index (χ1) is 9.10. The number of nitriles is 1. The Morgan fingerprint density at radius 1 is 1.53 bits per heavy atom. The number of carbonyl (C=O) groups excluding carboxylic acids is 1. The van der Waals surface area contributed by atoms with Crippen molar-refractivity contribution in [3.05, 3.63) is 41.6 Å². The number of nitrogens with two attached hydrogens (primary N) is 1. The van der Waals surface area contributed by atoms with Crippen molar-refractivity contribution >= 4 is 17.4 Å². The topological polar surface area (TPSA) is 96.7 Å². The van der Waals surface area contributed by atoms with Gasteiger partial charge in [-0.2, -0.15) is 10.4 Å². The zero-order valence-electron chi connectivity index (χ0n) is 10.4. The molecule has 0 atom stereocenters. The fourth-order valence-corrected chi connectivity index (χ4v) is 1.72. The van der Waals surface area contributed by atoms with Crippen molar-refractivity contribution in [1.29, 1.82) is 5.26 Å². The minimum atomic E-state index is -0.259. The maximum absolute atomic E-state index is 11.8. The molecule has 0 spiro atoms. The van der Waals surface area contributed by atoms with Crippen LogP contribution in [0.5, 0.6) is 0 Å². The van der Waals surface area contributed by atoms with Gasteiger partial charge in [-0.3, -0.25) is 9.48 Å². The summed E-state index contributed by atoms with van der Waals surface area (Å²) in [6.07, 6.45) is 1.62. The van der Waals surface area contributed by atoms with Crippen LogP contribution in [0.1, 0.15) is 11.1 Å². The molecule has 3 N–H and O–H groups in total. The molecule has 1 aromatic carbocycles. The Balaban J connectivity index is 2.11. The van der Waals surface area contributed by atoms with Crippen molar-refractivity contribution in [3.63, 3.8) is 0 Å². The summed E-state index contributed by atoms with van der Waals surface area (Å²) in [5, 5.41) is 15.7. The van der Waals surface area contributed by atoms with Crippen LogP contribution in [0.15, 0.2) is 30.5 Å². The van der Waals surface area contributed by atoms with E-state index in [0.29, 0.717) is 17.1 Å². The Hall–Kier alpha value is -2.81. The van der Waals surface area contributed by atoms with E-state index in [9.17, 15) is 4.79 Å². The van der Waals surface area contributed by atoms with Gasteiger partial charge in [0.15, 0.2) is 0 Å². The number of anilines is 2. The van der Waals surface area contributed by atoms with Crippen LogP contribution in [0, 0.1) is 18.3 Å². The zero-order chi connectivity index (χ0) is 13.8. The maximum atomic E-state index is 11.8. The third-order valence-electron chi connectivity index (χ3n) is 2.63. The quantitative estimate of drug-likeness (QED) is 0.863. The minimum Gasteiger partial charge on any atom is -0.382 e. The van der Waals surface area contributed by atoms with Crippen molar-refractivity contribution in [2.45, 2.75) is 13.5 Å². The molecule has 6 nitrogen and oxygen atoms in total. The highest BCUT2D eigenvalue weighted by molar-refractivity contribution is 5.92. The molecule has 1 amide bonds. The predicted molar refractivity (Wildman–Crippen MR) is 71.2 cm³/mol. The minimum absolute atomic E-state index is 0.0516. The van der Waals surface area contributed by atoms with Gasteiger partial charge in [0.1, 0.15) is 18.4 Å². The van der Waals surface area contributed by atoms with Crippen LogP contribution in [0.4, 0.5) is 11.5 Å². The molecule has 2 rings (SSSR count). The summed E-state index contributed by atoms with van der Waals surface area (Å²) in [5.41, 5.74) is 7.26. The van der Waals surface area contributed by atoms with Gasteiger partial charge in [0.25, 0.3) is 0 Å². The van der Waals surface area contributed by atoms with Gasteiger partial charge in [-0.05, 0) is 24.6 Å². The molecular formula is C13H13N5O. The van der Waals surface area contributed by atoms with Crippen LogP contribution in [0.2, 0.25) is 0 Å². The number of carbonyl (C=O) groups is 1. The first kappa shape index (κ1) is 12.6. The molecule has 2 aromatic rings. The summed E-state index contributed by atoms with van der Waals surface area (Å²) in [4.78, 5) is 11.8. The van der Waals surface area contributed by atoms with E-state index in [1.807, 2.05) is 13.0 Å². The first-order valence-corrected chi connectivity index (χ1v) is 5.68. The van der Waals surface area contributed by atoms with Crippen LogP contribution in [-0.4, -0.2) is 15.7 Å². The van der Waals surface area contributed by atoms with E-state index in [0.717, 1.165) is 5.56 Å². The molecule has 0 fully saturated rings. The third-order valence-corrected chi connectivity index (χ3v) is 2.63. The van der Waals surface area contributed by atoms with E-state index in [1.165, 1.54) is 4.68 Å². The second-order valence-electron chi connectivity index (χ2n) is 4.10. The lowest BCUT2D eigenvalue weighted by Gasteiger charge is -2.08. The van der Waals surface area contributed by atoms with Crippen molar-refractivity contribution in [2.24, 2.45) is 0 Å². The van der Waals surface area contributed by atoms with Crippen molar-refractivity contribution in [3.8, 4) is 6.07 Å². The fourth-order valence-electron chi connectivity index (χ4n) is 1.72. The highest BCUT2D eigenvalue weighted by atomic mass is 16.2. The number of aromatic nitrogens is 2. The highest BCUT2D eigenvalue weighted by Gasteiger charge is 2.09. The number of hydrogen-bond donors (Lipinski definition) is 2. The number of amides is 1. The van der Waals surface area contributed by atoms with Crippen LogP contribution in [0.3, 0.4) is 0 Å². The number of nitrogens with one attached hydrogen (secondary N) is 1. The molecule has 0 aliphatic rings. The number of nitrogen functional groups attached to an aromatic ring is 1. The van der Waals surface area contributed by atoms with Gasteiger partial charge in [0, 0.05) is 6.20 Å². The normalized spacial score (nSPS) is 9.89. The first-order valence-electron chi connectivity index (χ1n) is 5.68. The molecule has 1 heterocycles. The van der Waals surface area contributed by atoms with Gasteiger partial charge >= 0.3 is 0 Å². The van der Waals surface area contributed by atoms with E-state index < -0.39 is 0 Å². The van der Waals surface area contributed by atoms with E-state index in [-0.39, 0.29) is 12.5 Å². The molecule has 0 aliphatic heterocycles. The van der Waals surface area contributed by atoms with Gasteiger partial charge in [0.2, 0.25) is 5.91 Å². The van der Waals surface area contributed by atoms with E-state index in [4.69, 9.17) is 11.0 Å². The second kappa shape index (κ2) is 5.23. The number of aryl methyl sites for hydroxylation is 1. The molecule has 0 bridgehead atoms. The van der Waals surface area contributed by atoms with Crippen LogP contribution in [-0.2, 0) is 11.3 Å². The molecule has 1 aromatic heterocycles. The average molecular weight is 255 g/mol. The molecule has 19 heavy (non-hydrogen) atoms. The van der Waals surface area contributed by atoms with Crippen molar-refractivity contribution in [2.75, 3.05) is 11.1 Å². The molecule has 0 unspecified atom stereocenters. The Morgan fingerprint density at radius 2 is 2.32 bits per heavy atom. The van der Waals surface area contributed by atoms with Crippen LogP contribution >= 0.6 is 0 Å². The summed E-state index contributed by atoms with van der Waals surface area (Å²) >= 11 is 0. The lowest BCUT2D eigenvalue weighted by atomic mass is 10.1. The summed E-state index contributed by atoms with van der Waals surface area (Å²) in [6, 6.07) is 9.00. The maximum Gasteiger partial charge on any atom is 0.246 e. The molecule has 0 radical (unpaired) electrons. The summed E-state index contributed by atoms with van der Waals surface area (Å²) in [7, 11) is 0. The zero-order valence-corrected chi connectivity index (χ0v) is 10.4. The highest BCUT2D eigenvalue weighted by Crippen LogP contribution is 2.18. The molecular weight excluding hydrogens is 242 g/mol. The van der Waals surface area contributed by atoms with Gasteiger partial charge in [-0.15, -0.1) is 0 Å². The molecule has 6 heteroatoms. The number of hydrogen-bond acceptors (Lipinski definition) is 4. The molecule has 0 aliphatic carbocycles. The summed E-state index contributed by atoms with van der Waals surface area (Å²) in [6.45, 7) is 1.87. The number of nitrogens with zero attached hydrogens (tertiary/aromatic N) is 3. The Bertz CT molecular complexity index is 653. The average Bonchev–Trinajstić information content (AvgIpc) is 2.75. The van der Waals surface area contributed by atoms with Crippen molar-refractivity contribution < 1.29 is 4.79 Å². The van der Waals surface area contributed by atoms with Gasteiger partial charge in [-0.25, -0.2) is 0 Å². The van der Waals surface area contributed by atoms with Gasteiger partial charge in [0.05, 0.1) is 11.3 Å². The SMILES string of the molecule is Cc1cccc(NC(=O)Cn2ccc(N)n2)c1C#N. The second-order valence-corrected chi connectivity index (χ2v) is 4.10. The lowest BCUT2D eigenvalue weighted by Crippen LogP contribution is -2.19. The monoisotopic (exact) mass is 255 g/mol. The standard InChI is InChI=1S/C13H13N5O/c1-9-3-2-4-11(10(9)7-14)16-13(19)8-18-6-5-12(15)17-18/h2-6H,8H2,1H3,(H2,15,17)(H,16,19). The van der Waals surface area contributed by atoms with Crippen LogP contribution in [0.25, 0.3) is 0 Å². The van der Waals surface area contributed by atoms with Gasteiger partial charge in [-0.1, -0.05) is 12.1 Å². The van der Waals surface area contributed by atoms with Crippen molar-refractivity contribution in [1.82, 2.24) is 9.78 Å². The fraction of sp³-hybridized carbons (Fsp3) is 0.154. The Kier molecular flexibility index (Phi) is 3.48. The lowest BCUT2D eigenvalue weighted by molar-refractivity contribution is -0.116. The van der Waals surface area contributed by atoms with E-state index in [1.54, 1.807) is 24.4 Å². The largest absolute Gasteiger partial charge is 0.382 e. The number of benzene rings is 1. The van der Waals surface area contributed by atoms with Crippen LogP contribution < -0.4 is 11.1 Å². The smallest absolute Gasteiger partial charge is 0.246 e. The molecule has 96 valence electrons. The summed E-state index contributed by atoms with van der Waals surface area (Å²) in [5.74, 6) is 0.103. The molecule has 0 saturated carbocycles. The Labute approximate surface area is 110 Å². The van der Waals surface area contributed by atoms with Gasteiger partial charge < -0.3 is 11.1 Å².